The average Bonchev–Trinajstić information content (AvgIpc) is 2.10. The topological polar surface area (TPSA) is 60.2 Å². The van der Waals surface area contributed by atoms with Gasteiger partial charge in [-0.1, -0.05) is 13.0 Å². The van der Waals surface area contributed by atoms with Gasteiger partial charge in [-0.3, -0.25) is 0 Å². The SMILES string of the molecule is CCCS(=O)(=O)Cc1ccc(N)c(F)c1. The van der Waals surface area contributed by atoms with Crippen LogP contribution in [-0.2, 0) is 15.6 Å². The molecule has 0 saturated carbocycles. The van der Waals surface area contributed by atoms with E-state index in [4.69, 9.17) is 5.73 Å². The number of nitrogens with two attached hydrogens (primary N) is 1. The molecule has 0 radical (unpaired) electrons. The van der Waals surface area contributed by atoms with Crippen LogP contribution in [0.2, 0.25) is 0 Å². The van der Waals surface area contributed by atoms with Gasteiger partial charge in [-0.2, -0.15) is 0 Å². The zero-order valence-electron chi connectivity index (χ0n) is 8.53. The molecule has 84 valence electrons. The van der Waals surface area contributed by atoms with Crippen LogP contribution in [0.3, 0.4) is 0 Å². The lowest BCUT2D eigenvalue weighted by Crippen LogP contribution is -2.08. The molecule has 0 amide bonds. The van der Waals surface area contributed by atoms with Crippen molar-refractivity contribution in [3.05, 3.63) is 29.6 Å². The van der Waals surface area contributed by atoms with Gasteiger partial charge in [0.15, 0.2) is 9.84 Å². The first-order valence-electron chi connectivity index (χ1n) is 4.69. The molecule has 0 saturated heterocycles. The van der Waals surface area contributed by atoms with Gasteiger partial charge in [0, 0.05) is 0 Å². The first-order valence-corrected chi connectivity index (χ1v) is 6.51. The van der Waals surface area contributed by atoms with Crippen LogP contribution in [0.4, 0.5) is 10.1 Å². The summed E-state index contributed by atoms with van der Waals surface area (Å²) in [4.78, 5) is 0. The Morgan fingerprint density at radius 2 is 2.07 bits per heavy atom. The summed E-state index contributed by atoms with van der Waals surface area (Å²) < 4.78 is 35.9. The Morgan fingerprint density at radius 3 is 2.60 bits per heavy atom. The largest absolute Gasteiger partial charge is 0.396 e. The fourth-order valence-electron chi connectivity index (χ4n) is 1.30. The zero-order chi connectivity index (χ0) is 11.5. The standard InChI is InChI=1S/C10H14FNO2S/c1-2-5-15(13,14)7-8-3-4-10(12)9(11)6-8/h3-4,6H,2,5,7,12H2,1H3. The maximum atomic E-state index is 13.0. The summed E-state index contributed by atoms with van der Waals surface area (Å²) in [7, 11) is -3.12. The number of hydrogen-bond acceptors (Lipinski definition) is 3. The van der Waals surface area contributed by atoms with Crippen molar-refractivity contribution in [2.24, 2.45) is 0 Å². The minimum absolute atomic E-state index is 0.0339. The van der Waals surface area contributed by atoms with Crippen LogP contribution in [0.25, 0.3) is 0 Å². The van der Waals surface area contributed by atoms with Gasteiger partial charge in [-0.25, -0.2) is 12.8 Å². The molecule has 15 heavy (non-hydrogen) atoms. The predicted octanol–water partition coefficient (Wildman–Crippen LogP) is 1.73. The van der Waals surface area contributed by atoms with Gasteiger partial charge in [0.05, 0.1) is 17.2 Å². The van der Waals surface area contributed by atoms with Gasteiger partial charge in [-0.15, -0.1) is 0 Å². The number of rotatable bonds is 4. The summed E-state index contributed by atoms with van der Waals surface area (Å²) in [5.74, 6) is -0.573. The van der Waals surface area contributed by atoms with Crippen molar-refractivity contribution in [3.8, 4) is 0 Å². The van der Waals surface area contributed by atoms with Gasteiger partial charge in [-0.05, 0) is 24.1 Å². The molecule has 0 aromatic heterocycles. The molecule has 1 rings (SSSR count). The van der Waals surface area contributed by atoms with E-state index in [0.29, 0.717) is 12.0 Å². The van der Waals surface area contributed by atoms with E-state index < -0.39 is 15.7 Å². The van der Waals surface area contributed by atoms with E-state index in [1.807, 2.05) is 0 Å². The maximum absolute atomic E-state index is 13.0. The second kappa shape index (κ2) is 4.61. The van der Waals surface area contributed by atoms with Crippen LogP contribution in [0.15, 0.2) is 18.2 Å². The smallest absolute Gasteiger partial charge is 0.154 e. The first-order chi connectivity index (χ1) is 6.94. The van der Waals surface area contributed by atoms with Crippen molar-refractivity contribution in [1.82, 2.24) is 0 Å². The fourth-order valence-corrected chi connectivity index (χ4v) is 2.75. The number of hydrogen-bond donors (Lipinski definition) is 1. The number of nitrogen functional groups attached to an aromatic ring is 1. The molecule has 0 atom stereocenters. The Bertz CT molecular complexity index is 443. The van der Waals surface area contributed by atoms with Crippen molar-refractivity contribution in [2.45, 2.75) is 19.1 Å². The Balaban J connectivity index is 2.86. The summed E-state index contributed by atoms with van der Waals surface area (Å²) in [6.07, 6.45) is 0.569. The monoisotopic (exact) mass is 231 g/mol. The van der Waals surface area contributed by atoms with E-state index in [-0.39, 0.29) is 17.2 Å². The molecule has 5 heteroatoms. The van der Waals surface area contributed by atoms with Gasteiger partial charge in [0.25, 0.3) is 0 Å². The number of halogens is 1. The number of sulfone groups is 1. The van der Waals surface area contributed by atoms with E-state index in [0.717, 1.165) is 0 Å². The molecule has 1 aromatic rings. The third-order valence-electron chi connectivity index (χ3n) is 1.97. The molecule has 0 spiro atoms. The van der Waals surface area contributed by atoms with Crippen LogP contribution in [0.1, 0.15) is 18.9 Å². The zero-order valence-corrected chi connectivity index (χ0v) is 9.35. The minimum atomic E-state index is -3.12. The average molecular weight is 231 g/mol. The highest BCUT2D eigenvalue weighted by Crippen LogP contribution is 2.14. The molecule has 3 nitrogen and oxygen atoms in total. The van der Waals surface area contributed by atoms with Gasteiger partial charge >= 0.3 is 0 Å². The van der Waals surface area contributed by atoms with Crippen LogP contribution in [0.5, 0.6) is 0 Å². The molecular formula is C10H14FNO2S. The molecule has 2 N–H and O–H groups in total. The Morgan fingerprint density at radius 1 is 1.40 bits per heavy atom. The second-order valence-electron chi connectivity index (χ2n) is 3.45. The summed E-state index contributed by atoms with van der Waals surface area (Å²) >= 11 is 0. The third kappa shape index (κ3) is 3.51. The summed E-state index contributed by atoms with van der Waals surface area (Å²) in [5, 5.41) is 0. The molecular weight excluding hydrogens is 217 g/mol. The molecule has 0 aliphatic rings. The normalized spacial score (nSPS) is 11.6. The second-order valence-corrected chi connectivity index (χ2v) is 5.63. The van der Waals surface area contributed by atoms with Gasteiger partial charge in [0.2, 0.25) is 0 Å². The highest BCUT2D eigenvalue weighted by molar-refractivity contribution is 7.90. The molecule has 0 aliphatic heterocycles. The molecule has 0 bridgehead atoms. The van der Waals surface area contributed by atoms with Crippen molar-refractivity contribution in [1.29, 1.82) is 0 Å². The van der Waals surface area contributed by atoms with Crippen LogP contribution in [-0.4, -0.2) is 14.2 Å². The Hall–Kier alpha value is -1.10. The van der Waals surface area contributed by atoms with E-state index >= 15 is 0 Å². The molecule has 0 heterocycles. The Kier molecular flexibility index (Phi) is 3.68. The lowest BCUT2D eigenvalue weighted by Gasteiger charge is -2.04. The van der Waals surface area contributed by atoms with E-state index in [1.54, 1.807) is 6.92 Å². The van der Waals surface area contributed by atoms with Crippen LogP contribution in [0, 0.1) is 5.82 Å². The molecule has 0 unspecified atom stereocenters. The van der Waals surface area contributed by atoms with Gasteiger partial charge < -0.3 is 5.73 Å². The number of anilines is 1. The highest BCUT2D eigenvalue weighted by Gasteiger charge is 2.11. The van der Waals surface area contributed by atoms with Crippen molar-refractivity contribution < 1.29 is 12.8 Å². The molecule has 0 aliphatic carbocycles. The predicted molar refractivity (Wildman–Crippen MR) is 58.6 cm³/mol. The van der Waals surface area contributed by atoms with Gasteiger partial charge in [0.1, 0.15) is 5.82 Å². The highest BCUT2D eigenvalue weighted by atomic mass is 32.2. The van der Waals surface area contributed by atoms with Crippen LogP contribution < -0.4 is 5.73 Å². The lowest BCUT2D eigenvalue weighted by atomic mass is 10.2. The summed E-state index contributed by atoms with van der Waals surface area (Å²) in [6.45, 7) is 1.79. The van der Waals surface area contributed by atoms with Crippen molar-refractivity contribution in [3.63, 3.8) is 0 Å². The Labute approximate surface area is 89.0 Å². The summed E-state index contributed by atoms with van der Waals surface area (Å²) in [6, 6.07) is 4.08. The third-order valence-corrected chi connectivity index (χ3v) is 3.77. The minimum Gasteiger partial charge on any atom is -0.396 e. The van der Waals surface area contributed by atoms with E-state index in [1.165, 1.54) is 18.2 Å². The summed E-state index contributed by atoms with van der Waals surface area (Å²) in [5.41, 5.74) is 5.76. The lowest BCUT2D eigenvalue weighted by molar-refractivity contribution is 0.593. The fraction of sp³-hybridized carbons (Fsp3) is 0.400. The van der Waals surface area contributed by atoms with Crippen molar-refractivity contribution >= 4 is 15.5 Å². The first kappa shape index (κ1) is 12.0. The molecule has 0 fully saturated rings. The maximum Gasteiger partial charge on any atom is 0.154 e. The number of benzene rings is 1. The van der Waals surface area contributed by atoms with Crippen molar-refractivity contribution in [2.75, 3.05) is 11.5 Å². The molecule has 1 aromatic carbocycles. The van der Waals surface area contributed by atoms with E-state index in [2.05, 4.69) is 0 Å². The van der Waals surface area contributed by atoms with Crippen LogP contribution >= 0.6 is 0 Å². The van der Waals surface area contributed by atoms with E-state index in [9.17, 15) is 12.8 Å². The quantitative estimate of drug-likeness (QED) is 0.803.